The van der Waals surface area contributed by atoms with Crippen LogP contribution in [0.5, 0.6) is 0 Å². The van der Waals surface area contributed by atoms with Gasteiger partial charge in [-0.1, -0.05) is 13.8 Å². The minimum atomic E-state index is 0.570. The molecule has 0 amide bonds. The minimum Gasteiger partial charge on any atom is -0.377 e. The summed E-state index contributed by atoms with van der Waals surface area (Å²) < 4.78 is 4.99. The van der Waals surface area contributed by atoms with Gasteiger partial charge in [-0.25, -0.2) is 4.98 Å². The third-order valence-electron chi connectivity index (χ3n) is 2.35. The molecular weight excluding hydrogens is 164 g/mol. The summed E-state index contributed by atoms with van der Waals surface area (Å²) in [5, 5.41) is 0. The van der Waals surface area contributed by atoms with Crippen molar-refractivity contribution in [3.8, 4) is 0 Å². The molecule has 13 heavy (non-hydrogen) atoms. The zero-order valence-corrected chi connectivity index (χ0v) is 8.63. The molecular formula is C10H18N2O. The molecule has 0 bridgehead atoms. The van der Waals surface area contributed by atoms with Gasteiger partial charge in [0.05, 0.1) is 0 Å². The minimum absolute atomic E-state index is 0.570. The maximum atomic E-state index is 4.99. The largest absolute Gasteiger partial charge is 0.377 e. The standard InChI is InChI=1S/C10H18N2O/c1-4-8(5-2)9-6-11-10(12-9)7-13-3/h6,8H,4-5,7H2,1-3H3,(H,11,12). The number of rotatable bonds is 5. The van der Waals surface area contributed by atoms with Crippen molar-refractivity contribution >= 4 is 0 Å². The van der Waals surface area contributed by atoms with E-state index in [0.29, 0.717) is 12.5 Å². The molecule has 0 atom stereocenters. The van der Waals surface area contributed by atoms with Gasteiger partial charge in [-0.2, -0.15) is 0 Å². The van der Waals surface area contributed by atoms with E-state index in [2.05, 4.69) is 23.8 Å². The van der Waals surface area contributed by atoms with Crippen LogP contribution in [0, 0.1) is 0 Å². The lowest BCUT2D eigenvalue weighted by atomic mass is 10.0. The second-order valence-electron chi connectivity index (χ2n) is 3.23. The highest BCUT2D eigenvalue weighted by atomic mass is 16.5. The molecule has 0 saturated carbocycles. The van der Waals surface area contributed by atoms with Crippen molar-refractivity contribution < 1.29 is 4.74 Å². The molecule has 1 aromatic rings. The summed E-state index contributed by atoms with van der Waals surface area (Å²) >= 11 is 0. The Kier molecular flexibility index (Phi) is 3.96. The van der Waals surface area contributed by atoms with E-state index >= 15 is 0 Å². The van der Waals surface area contributed by atoms with E-state index in [9.17, 15) is 0 Å². The first-order chi connectivity index (χ1) is 6.31. The van der Waals surface area contributed by atoms with Crippen LogP contribution in [-0.4, -0.2) is 17.1 Å². The van der Waals surface area contributed by atoms with E-state index in [1.54, 1.807) is 7.11 Å². The Bertz CT molecular complexity index is 241. The van der Waals surface area contributed by atoms with Crippen LogP contribution < -0.4 is 0 Å². The van der Waals surface area contributed by atoms with Crippen molar-refractivity contribution in [3.05, 3.63) is 17.7 Å². The number of aromatic nitrogens is 2. The number of methoxy groups -OCH3 is 1. The number of nitrogens with one attached hydrogen (secondary N) is 1. The van der Waals surface area contributed by atoms with Gasteiger partial charge in [-0.15, -0.1) is 0 Å². The molecule has 0 saturated heterocycles. The first-order valence-corrected chi connectivity index (χ1v) is 4.84. The highest BCUT2D eigenvalue weighted by Crippen LogP contribution is 2.20. The summed E-state index contributed by atoms with van der Waals surface area (Å²) in [5.74, 6) is 1.53. The molecule has 1 aromatic heterocycles. The summed E-state index contributed by atoms with van der Waals surface area (Å²) in [7, 11) is 1.68. The van der Waals surface area contributed by atoms with Gasteiger partial charge in [0, 0.05) is 24.9 Å². The van der Waals surface area contributed by atoms with Crippen molar-refractivity contribution in [2.45, 2.75) is 39.2 Å². The first-order valence-electron chi connectivity index (χ1n) is 4.84. The molecule has 3 nitrogen and oxygen atoms in total. The molecule has 1 rings (SSSR count). The van der Waals surface area contributed by atoms with E-state index in [1.165, 1.54) is 5.69 Å². The third kappa shape index (κ3) is 2.56. The molecule has 0 aliphatic carbocycles. The van der Waals surface area contributed by atoms with Crippen LogP contribution in [0.4, 0.5) is 0 Å². The summed E-state index contributed by atoms with van der Waals surface area (Å²) in [4.78, 5) is 7.52. The van der Waals surface area contributed by atoms with Gasteiger partial charge >= 0.3 is 0 Å². The molecule has 0 spiro atoms. The van der Waals surface area contributed by atoms with Crippen molar-refractivity contribution in [1.82, 2.24) is 9.97 Å². The SMILES string of the molecule is CCC(CC)c1cnc(COC)[nH]1. The lowest BCUT2D eigenvalue weighted by molar-refractivity contribution is 0.178. The van der Waals surface area contributed by atoms with Crippen molar-refractivity contribution in [3.63, 3.8) is 0 Å². The lowest BCUT2D eigenvalue weighted by Gasteiger charge is -2.08. The zero-order chi connectivity index (χ0) is 9.68. The lowest BCUT2D eigenvalue weighted by Crippen LogP contribution is -1.96. The van der Waals surface area contributed by atoms with Gasteiger partial charge in [0.25, 0.3) is 0 Å². The number of nitrogens with zero attached hydrogens (tertiary/aromatic N) is 1. The zero-order valence-electron chi connectivity index (χ0n) is 8.63. The van der Waals surface area contributed by atoms with Crippen molar-refractivity contribution in [2.24, 2.45) is 0 Å². The van der Waals surface area contributed by atoms with Gasteiger partial charge in [-0.05, 0) is 12.8 Å². The van der Waals surface area contributed by atoms with Gasteiger partial charge in [0.1, 0.15) is 12.4 Å². The predicted molar refractivity (Wildman–Crippen MR) is 52.6 cm³/mol. The molecule has 0 radical (unpaired) electrons. The predicted octanol–water partition coefficient (Wildman–Crippen LogP) is 2.46. The Hall–Kier alpha value is -0.830. The molecule has 0 aliphatic heterocycles. The average Bonchev–Trinajstić information content (AvgIpc) is 2.56. The molecule has 1 heterocycles. The highest BCUT2D eigenvalue weighted by Gasteiger charge is 2.09. The Morgan fingerprint density at radius 2 is 2.15 bits per heavy atom. The maximum Gasteiger partial charge on any atom is 0.132 e. The summed E-state index contributed by atoms with van der Waals surface area (Å²) in [6.07, 6.45) is 4.24. The number of hydrogen-bond donors (Lipinski definition) is 1. The van der Waals surface area contributed by atoms with Gasteiger partial charge in [0.15, 0.2) is 0 Å². The third-order valence-corrected chi connectivity index (χ3v) is 2.35. The number of imidazole rings is 1. The van der Waals surface area contributed by atoms with Crippen LogP contribution in [-0.2, 0) is 11.3 Å². The monoisotopic (exact) mass is 182 g/mol. The smallest absolute Gasteiger partial charge is 0.132 e. The van der Waals surface area contributed by atoms with Crippen LogP contribution in [0.25, 0.3) is 0 Å². The molecule has 3 heteroatoms. The van der Waals surface area contributed by atoms with E-state index in [4.69, 9.17) is 4.74 Å². The molecule has 0 aliphatic rings. The van der Waals surface area contributed by atoms with Crippen molar-refractivity contribution in [1.29, 1.82) is 0 Å². The van der Waals surface area contributed by atoms with Crippen LogP contribution in [0.3, 0.4) is 0 Å². The summed E-state index contributed by atoms with van der Waals surface area (Å²) in [6, 6.07) is 0. The molecule has 0 unspecified atom stereocenters. The quantitative estimate of drug-likeness (QED) is 0.759. The number of ether oxygens (including phenoxy) is 1. The van der Waals surface area contributed by atoms with Crippen LogP contribution >= 0.6 is 0 Å². The van der Waals surface area contributed by atoms with Gasteiger partial charge in [0.2, 0.25) is 0 Å². The average molecular weight is 182 g/mol. The number of H-pyrrole nitrogens is 1. The fourth-order valence-electron chi connectivity index (χ4n) is 1.52. The fourth-order valence-corrected chi connectivity index (χ4v) is 1.52. The second-order valence-corrected chi connectivity index (χ2v) is 3.23. The van der Waals surface area contributed by atoms with Gasteiger partial charge in [-0.3, -0.25) is 0 Å². The summed E-state index contributed by atoms with van der Waals surface area (Å²) in [6.45, 7) is 4.97. The Balaban J connectivity index is 2.66. The van der Waals surface area contributed by atoms with Gasteiger partial charge < -0.3 is 9.72 Å². The van der Waals surface area contributed by atoms with E-state index in [-0.39, 0.29) is 0 Å². The summed E-state index contributed by atoms with van der Waals surface area (Å²) in [5.41, 5.74) is 1.23. The number of aromatic amines is 1. The molecule has 0 fully saturated rings. The van der Waals surface area contributed by atoms with Crippen LogP contribution in [0.15, 0.2) is 6.20 Å². The normalized spacial score (nSPS) is 11.1. The molecule has 1 N–H and O–H groups in total. The van der Waals surface area contributed by atoms with Crippen molar-refractivity contribution in [2.75, 3.05) is 7.11 Å². The van der Waals surface area contributed by atoms with E-state index in [0.717, 1.165) is 18.7 Å². The Morgan fingerprint density at radius 3 is 2.69 bits per heavy atom. The second kappa shape index (κ2) is 5.02. The van der Waals surface area contributed by atoms with Crippen LogP contribution in [0.1, 0.15) is 44.1 Å². The van der Waals surface area contributed by atoms with Crippen LogP contribution in [0.2, 0.25) is 0 Å². The highest BCUT2D eigenvalue weighted by molar-refractivity contribution is 5.06. The number of hydrogen-bond acceptors (Lipinski definition) is 2. The van der Waals surface area contributed by atoms with E-state index in [1.807, 2.05) is 6.20 Å². The van der Waals surface area contributed by atoms with E-state index < -0.39 is 0 Å². The maximum absolute atomic E-state index is 4.99. The molecule has 74 valence electrons. The first kappa shape index (κ1) is 10.3. The Labute approximate surface area is 79.5 Å². The Morgan fingerprint density at radius 1 is 1.46 bits per heavy atom. The molecule has 0 aromatic carbocycles. The fraction of sp³-hybridized carbons (Fsp3) is 0.700. The topological polar surface area (TPSA) is 37.9 Å².